The van der Waals surface area contributed by atoms with Crippen LogP contribution in [0.2, 0.25) is 0 Å². The number of ether oxygens (including phenoxy) is 2. The first kappa shape index (κ1) is 41.4. The molecule has 0 atom stereocenters. The Hall–Kier alpha value is -2.76. The lowest BCUT2D eigenvalue weighted by molar-refractivity contribution is 0.0488. The highest BCUT2D eigenvalue weighted by Gasteiger charge is 2.13. The molecule has 0 aliphatic rings. The van der Waals surface area contributed by atoms with Gasteiger partial charge in [0.15, 0.2) is 0 Å². The van der Waals surface area contributed by atoms with E-state index in [0.29, 0.717) is 35.7 Å². The molecule has 0 unspecified atom stereocenters. The molecule has 6 heteroatoms. The summed E-state index contributed by atoms with van der Waals surface area (Å²) in [5.41, 5.74) is 1.92. The SMILES string of the molecule is CCCCCCCCCCCCCCCOC(=O)c1ccnc(-c2cc(C(=O)OCCCCCCCCCCCCCCC)ccn2)c1. The lowest BCUT2D eigenvalue weighted by Crippen LogP contribution is -2.08. The van der Waals surface area contributed by atoms with Gasteiger partial charge in [0.05, 0.1) is 35.7 Å². The van der Waals surface area contributed by atoms with Crippen molar-refractivity contribution in [2.75, 3.05) is 13.2 Å². The van der Waals surface area contributed by atoms with Crippen molar-refractivity contribution in [1.82, 2.24) is 9.97 Å². The number of unbranched alkanes of at least 4 members (excludes halogenated alkanes) is 24. The van der Waals surface area contributed by atoms with Gasteiger partial charge in [-0.25, -0.2) is 9.59 Å². The molecule has 270 valence electrons. The monoisotopic (exact) mass is 665 g/mol. The van der Waals surface area contributed by atoms with E-state index in [4.69, 9.17) is 9.47 Å². The smallest absolute Gasteiger partial charge is 0.338 e. The molecular formula is C42H68N2O4. The van der Waals surface area contributed by atoms with Gasteiger partial charge in [0.25, 0.3) is 0 Å². The second kappa shape index (κ2) is 29.2. The number of rotatable bonds is 31. The topological polar surface area (TPSA) is 78.4 Å². The van der Waals surface area contributed by atoms with E-state index in [1.807, 2.05) is 0 Å². The van der Waals surface area contributed by atoms with Gasteiger partial charge < -0.3 is 9.47 Å². The zero-order valence-corrected chi connectivity index (χ0v) is 30.8. The fraction of sp³-hybridized carbons (Fsp3) is 0.714. The highest BCUT2D eigenvalue weighted by molar-refractivity contribution is 5.92. The molecule has 0 amide bonds. The van der Waals surface area contributed by atoms with Crippen molar-refractivity contribution >= 4 is 11.9 Å². The van der Waals surface area contributed by atoms with Gasteiger partial charge in [-0.15, -0.1) is 0 Å². The van der Waals surface area contributed by atoms with Crippen LogP contribution < -0.4 is 0 Å². The number of pyridine rings is 2. The molecule has 0 radical (unpaired) electrons. The molecule has 2 aromatic heterocycles. The second-order valence-electron chi connectivity index (χ2n) is 13.6. The quantitative estimate of drug-likeness (QED) is 0.0589. The van der Waals surface area contributed by atoms with Crippen LogP contribution in [-0.2, 0) is 9.47 Å². The Labute approximate surface area is 293 Å². The summed E-state index contributed by atoms with van der Waals surface area (Å²) in [4.78, 5) is 34.1. The fourth-order valence-corrected chi connectivity index (χ4v) is 6.13. The molecule has 0 N–H and O–H groups in total. The predicted octanol–water partition coefficient (Wildman–Crippen LogP) is 12.6. The third kappa shape index (κ3) is 20.6. The van der Waals surface area contributed by atoms with Crippen molar-refractivity contribution in [3.05, 3.63) is 47.8 Å². The van der Waals surface area contributed by atoms with Gasteiger partial charge in [0.1, 0.15) is 0 Å². The second-order valence-corrected chi connectivity index (χ2v) is 13.6. The fourth-order valence-electron chi connectivity index (χ4n) is 6.13. The maximum atomic E-state index is 12.7. The molecule has 0 aromatic carbocycles. The van der Waals surface area contributed by atoms with Crippen LogP contribution in [0.1, 0.15) is 202 Å². The molecule has 48 heavy (non-hydrogen) atoms. The Balaban J connectivity index is 1.57. The largest absolute Gasteiger partial charge is 0.462 e. The molecule has 6 nitrogen and oxygen atoms in total. The van der Waals surface area contributed by atoms with Crippen molar-refractivity contribution in [3.8, 4) is 11.4 Å². The minimum Gasteiger partial charge on any atom is -0.462 e. The number of esters is 2. The van der Waals surface area contributed by atoms with Gasteiger partial charge in [-0.3, -0.25) is 9.97 Å². The first-order valence-corrected chi connectivity index (χ1v) is 19.9. The summed E-state index contributed by atoms with van der Waals surface area (Å²) < 4.78 is 11.1. The molecular weight excluding hydrogens is 596 g/mol. The number of hydrogen-bond acceptors (Lipinski definition) is 6. The summed E-state index contributed by atoms with van der Waals surface area (Å²) in [7, 11) is 0. The van der Waals surface area contributed by atoms with Crippen LogP contribution in [0, 0.1) is 0 Å². The summed E-state index contributed by atoms with van der Waals surface area (Å²) in [6.07, 6.45) is 36.5. The number of nitrogens with zero attached hydrogens (tertiary/aromatic N) is 2. The molecule has 2 aromatic rings. The van der Waals surface area contributed by atoms with E-state index in [2.05, 4.69) is 23.8 Å². The average Bonchev–Trinajstić information content (AvgIpc) is 3.11. The van der Waals surface area contributed by atoms with E-state index >= 15 is 0 Å². The standard InChI is InChI=1S/C42H68N2O4/c1-3-5-7-9-11-13-15-17-19-21-23-25-27-33-47-41(45)37-29-31-43-39(35-37)40-36-38(30-32-44-40)42(46)48-34-28-26-24-22-20-18-16-14-12-10-8-6-4-2/h29-32,35-36H,3-28,33-34H2,1-2H3. The van der Waals surface area contributed by atoms with Gasteiger partial charge in [0.2, 0.25) is 0 Å². The van der Waals surface area contributed by atoms with Gasteiger partial charge in [-0.05, 0) is 37.1 Å². The van der Waals surface area contributed by atoms with Crippen molar-refractivity contribution in [3.63, 3.8) is 0 Å². The van der Waals surface area contributed by atoms with Crippen LogP contribution in [-0.4, -0.2) is 35.1 Å². The summed E-state index contributed by atoms with van der Waals surface area (Å²) in [5, 5.41) is 0. The maximum absolute atomic E-state index is 12.7. The summed E-state index contributed by atoms with van der Waals surface area (Å²) in [6.45, 7) is 5.38. The van der Waals surface area contributed by atoms with Gasteiger partial charge >= 0.3 is 11.9 Å². The van der Waals surface area contributed by atoms with Gasteiger partial charge in [-0.2, -0.15) is 0 Å². The number of hydrogen-bond donors (Lipinski definition) is 0. The average molecular weight is 665 g/mol. The summed E-state index contributed by atoms with van der Waals surface area (Å²) in [6, 6.07) is 6.67. The Morgan fingerprint density at radius 3 is 1.00 bits per heavy atom. The number of carbonyl (C=O) groups excluding carboxylic acids is 2. The summed E-state index contributed by atoms with van der Waals surface area (Å²) >= 11 is 0. The van der Waals surface area contributed by atoms with E-state index in [1.54, 1.807) is 36.7 Å². The lowest BCUT2D eigenvalue weighted by atomic mass is 10.0. The van der Waals surface area contributed by atoms with Crippen LogP contribution >= 0.6 is 0 Å². The highest BCUT2D eigenvalue weighted by Crippen LogP contribution is 2.19. The van der Waals surface area contributed by atoms with E-state index in [1.165, 1.54) is 141 Å². The molecule has 0 fully saturated rings. The minimum atomic E-state index is -0.356. The zero-order valence-electron chi connectivity index (χ0n) is 30.8. The summed E-state index contributed by atoms with van der Waals surface area (Å²) in [5.74, 6) is -0.711. The Bertz CT molecular complexity index is 1000. The molecule has 0 aliphatic heterocycles. The van der Waals surface area contributed by atoms with Crippen molar-refractivity contribution in [1.29, 1.82) is 0 Å². The van der Waals surface area contributed by atoms with E-state index in [9.17, 15) is 9.59 Å². The van der Waals surface area contributed by atoms with Crippen LogP contribution in [0.15, 0.2) is 36.7 Å². The van der Waals surface area contributed by atoms with Crippen LogP contribution in [0.25, 0.3) is 11.4 Å². The molecule has 0 bridgehead atoms. The highest BCUT2D eigenvalue weighted by atomic mass is 16.5. The zero-order chi connectivity index (χ0) is 34.3. The third-order valence-corrected chi connectivity index (χ3v) is 9.22. The van der Waals surface area contributed by atoms with E-state index in [-0.39, 0.29) is 11.9 Å². The Morgan fingerprint density at radius 1 is 0.438 bits per heavy atom. The molecule has 0 saturated heterocycles. The number of aromatic nitrogens is 2. The molecule has 0 saturated carbocycles. The predicted molar refractivity (Wildman–Crippen MR) is 199 cm³/mol. The normalized spacial score (nSPS) is 11.1. The Morgan fingerprint density at radius 2 is 0.708 bits per heavy atom. The van der Waals surface area contributed by atoms with E-state index < -0.39 is 0 Å². The third-order valence-electron chi connectivity index (χ3n) is 9.22. The molecule has 2 rings (SSSR count). The first-order valence-electron chi connectivity index (χ1n) is 19.9. The first-order chi connectivity index (χ1) is 23.7. The molecule has 2 heterocycles. The van der Waals surface area contributed by atoms with Gasteiger partial charge in [-0.1, -0.05) is 168 Å². The van der Waals surface area contributed by atoms with Crippen molar-refractivity contribution in [2.45, 2.75) is 181 Å². The number of carbonyl (C=O) groups is 2. The van der Waals surface area contributed by atoms with Crippen LogP contribution in [0.4, 0.5) is 0 Å². The van der Waals surface area contributed by atoms with Crippen LogP contribution in [0.5, 0.6) is 0 Å². The minimum absolute atomic E-state index is 0.356. The maximum Gasteiger partial charge on any atom is 0.338 e. The lowest BCUT2D eigenvalue weighted by Gasteiger charge is -2.08. The Kier molecular flexibility index (Phi) is 25.2. The van der Waals surface area contributed by atoms with Crippen LogP contribution in [0.3, 0.4) is 0 Å². The van der Waals surface area contributed by atoms with Crippen molar-refractivity contribution < 1.29 is 19.1 Å². The molecule has 0 spiro atoms. The van der Waals surface area contributed by atoms with Crippen molar-refractivity contribution in [2.24, 2.45) is 0 Å². The van der Waals surface area contributed by atoms with E-state index in [0.717, 1.165) is 25.7 Å². The van der Waals surface area contributed by atoms with Gasteiger partial charge in [0, 0.05) is 12.4 Å². The molecule has 0 aliphatic carbocycles.